The topological polar surface area (TPSA) is 37.3 Å². The van der Waals surface area contributed by atoms with Crippen LogP contribution >= 0.6 is 0 Å². The molecule has 1 N–H and O–H groups in total. The SMILES string of the molecule is O=C(c1cc(F)cc(F)c1)N1CCC2(CC1)Nc1ccccc1-n1cccc12. The van der Waals surface area contributed by atoms with Gasteiger partial charge < -0.3 is 14.8 Å². The van der Waals surface area contributed by atoms with Crippen molar-refractivity contribution in [2.45, 2.75) is 18.4 Å². The molecule has 0 radical (unpaired) electrons. The molecule has 6 heteroatoms. The van der Waals surface area contributed by atoms with E-state index in [0.29, 0.717) is 13.1 Å². The molecule has 0 bridgehead atoms. The summed E-state index contributed by atoms with van der Waals surface area (Å²) in [5, 5.41) is 3.69. The summed E-state index contributed by atoms with van der Waals surface area (Å²) in [4.78, 5) is 14.4. The van der Waals surface area contributed by atoms with Crippen molar-refractivity contribution in [3.05, 3.63) is 83.7 Å². The molecule has 1 spiro atoms. The molecule has 2 aliphatic heterocycles. The zero-order valence-electron chi connectivity index (χ0n) is 15.2. The van der Waals surface area contributed by atoms with Gasteiger partial charge in [-0.3, -0.25) is 4.79 Å². The summed E-state index contributed by atoms with van der Waals surface area (Å²) >= 11 is 0. The van der Waals surface area contributed by atoms with Gasteiger partial charge in [0.05, 0.1) is 16.9 Å². The number of amides is 1. The minimum atomic E-state index is -0.736. The third-order valence-corrected chi connectivity index (χ3v) is 5.79. The number of fused-ring (bicyclic) bond motifs is 4. The number of carbonyl (C=O) groups excluding carboxylic acids is 1. The maximum absolute atomic E-state index is 13.5. The van der Waals surface area contributed by atoms with E-state index in [2.05, 4.69) is 34.3 Å². The number of halogens is 2. The number of rotatable bonds is 1. The van der Waals surface area contributed by atoms with Crippen LogP contribution in [-0.2, 0) is 5.54 Å². The van der Waals surface area contributed by atoms with Crippen LogP contribution in [0.2, 0.25) is 0 Å². The van der Waals surface area contributed by atoms with Gasteiger partial charge in [-0.25, -0.2) is 8.78 Å². The molecule has 1 fully saturated rings. The highest BCUT2D eigenvalue weighted by Gasteiger charge is 2.42. The highest BCUT2D eigenvalue weighted by Crippen LogP contribution is 2.43. The molecular weight excluding hydrogens is 360 g/mol. The smallest absolute Gasteiger partial charge is 0.254 e. The minimum Gasteiger partial charge on any atom is -0.372 e. The van der Waals surface area contributed by atoms with Crippen LogP contribution in [0.15, 0.2) is 60.8 Å². The summed E-state index contributed by atoms with van der Waals surface area (Å²) in [6.07, 6.45) is 3.49. The van der Waals surface area contributed by atoms with E-state index in [1.807, 2.05) is 18.2 Å². The Morgan fingerprint density at radius 2 is 1.68 bits per heavy atom. The Balaban J connectivity index is 1.41. The minimum absolute atomic E-state index is 0.0544. The van der Waals surface area contributed by atoms with E-state index in [0.717, 1.165) is 42.4 Å². The van der Waals surface area contributed by atoms with Gasteiger partial charge >= 0.3 is 0 Å². The van der Waals surface area contributed by atoms with E-state index in [-0.39, 0.29) is 17.0 Å². The summed E-state index contributed by atoms with van der Waals surface area (Å²) in [6, 6.07) is 15.3. The van der Waals surface area contributed by atoms with Gasteiger partial charge in [-0.15, -0.1) is 0 Å². The molecule has 1 aromatic heterocycles. The molecule has 1 amide bonds. The molecule has 2 aliphatic rings. The van der Waals surface area contributed by atoms with E-state index >= 15 is 0 Å². The lowest BCUT2D eigenvalue weighted by atomic mass is 9.82. The summed E-state index contributed by atoms with van der Waals surface area (Å²) in [7, 11) is 0. The first-order chi connectivity index (χ1) is 13.6. The average molecular weight is 379 g/mol. The number of hydrogen-bond donors (Lipinski definition) is 1. The van der Waals surface area contributed by atoms with E-state index in [1.165, 1.54) is 5.69 Å². The monoisotopic (exact) mass is 379 g/mol. The number of benzene rings is 2. The molecule has 0 saturated carbocycles. The lowest BCUT2D eigenvalue weighted by Gasteiger charge is -2.46. The van der Waals surface area contributed by atoms with Gasteiger partial charge in [0, 0.05) is 36.6 Å². The van der Waals surface area contributed by atoms with Crippen molar-refractivity contribution in [1.82, 2.24) is 9.47 Å². The quantitative estimate of drug-likeness (QED) is 0.684. The molecule has 5 rings (SSSR count). The first kappa shape index (κ1) is 17.0. The van der Waals surface area contributed by atoms with E-state index in [4.69, 9.17) is 0 Å². The van der Waals surface area contributed by atoms with Gasteiger partial charge in [0.25, 0.3) is 5.91 Å². The number of para-hydroxylation sites is 2. The van der Waals surface area contributed by atoms with Gasteiger partial charge in [0.2, 0.25) is 0 Å². The third kappa shape index (κ3) is 2.59. The summed E-state index contributed by atoms with van der Waals surface area (Å²) in [5.41, 5.74) is 3.15. The molecule has 0 aliphatic carbocycles. The van der Waals surface area contributed by atoms with Crippen molar-refractivity contribution in [1.29, 1.82) is 0 Å². The predicted molar refractivity (Wildman–Crippen MR) is 103 cm³/mol. The van der Waals surface area contributed by atoms with E-state index in [1.54, 1.807) is 4.90 Å². The van der Waals surface area contributed by atoms with Crippen molar-refractivity contribution in [2.75, 3.05) is 18.4 Å². The fourth-order valence-electron chi connectivity index (χ4n) is 4.42. The van der Waals surface area contributed by atoms with Crippen LogP contribution in [0.5, 0.6) is 0 Å². The zero-order chi connectivity index (χ0) is 19.3. The lowest BCUT2D eigenvalue weighted by molar-refractivity contribution is 0.0675. The van der Waals surface area contributed by atoms with Crippen molar-refractivity contribution >= 4 is 11.6 Å². The summed E-state index contributed by atoms with van der Waals surface area (Å²) in [5.74, 6) is -1.81. The van der Waals surface area contributed by atoms with Gasteiger partial charge in [-0.05, 0) is 49.2 Å². The number of anilines is 1. The Hall–Kier alpha value is -3.15. The second-order valence-corrected chi connectivity index (χ2v) is 7.44. The number of nitrogens with zero attached hydrogens (tertiary/aromatic N) is 2. The Labute approximate surface area is 161 Å². The molecule has 28 heavy (non-hydrogen) atoms. The first-order valence-corrected chi connectivity index (χ1v) is 9.37. The largest absolute Gasteiger partial charge is 0.372 e. The van der Waals surface area contributed by atoms with E-state index in [9.17, 15) is 13.6 Å². The fourth-order valence-corrected chi connectivity index (χ4v) is 4.42. The highest BCUT2D eigenvalue weighted by molar-refractivity contribution is 5.94. The number of nitrogens with one attached hydrogen (secondary N) is 1. The highest BCUT2D eigenvalue weighted by atomic mass is 19.1. The standard InChI is InChI=1S/C22H19F2N3O/c23-16-12-15(13-17(24)14-16)21(28)26-10-7-22(8-11-26)20-6-3-9-27(20)19-5-2-1-4-18(19)25-22/h1-6,9,12-14,25H,7-8,10-11H2. The second kappa shape index (κ2) is 6.19. The zero-order valence-corrected chi connectivity index (χ0v) is 15.2. The van der Waals surface area contributed by atoms with Crippen LogP contribution in [-0.4, -0.2) is 28.5 Å². The van der Waals surface area contributed by atoms with Crippen LogP contribution in [0, 0.1) is 11.6 Å². The van der Waals surface area contributed by atoms with Crippen LogP contribution in [0.3, 0.4) is 0 Å². The van der Waals surface area contributed by atoms with Crippen LogP contribution < -0.4 is 5.32 Å². The number of carbonyl (C=O) groups is 1. The number of hydrogen-bond acceptors (Lipinski definition) is 2. The molecule has 3 heterocycles. The molecule has 142 valence electrons. The number of aromatic nitrogens is 1. The van der Waals surface area contributed by atoms with Gasteiger partial charge in [-0.2, -0.15) is 0 Å². The molecule has 0 unspecified atom stereocenters. The van der Waals surface area contributed by atoms with Gasteiger partial charge in [0.1, 0.15) is 11.6 Å². The normalized spacial score (nSPS) is 17.0. The van der Waals surface area contributed by atoms with Crippen molar-refractivity contribution in [2.24, 2.45) is 0 Å². The first-order valence-electron chi connectivity index (χ1n) is 9.37. The molecule has 0 atom stereocenters. The molecular formula is C22H19F2N3O. The lowest BCUT2D eigenvalue weighted by Crippen LogP contribution is -2.51. The summed E-state index contributed by atoms with van der Waals surface area (Å²) < 4.78 is 29.2. The van der Waals surface area contributed by atoms with Crippen molar-refractivity contribution in [3.8, 4) is 5.69 Å². The third-order valence-electron chi connectivity index (χ3n) is 5.79. The van der Waals surface area contributed by atoms with Crippen molar-refractivity contribution < 1.29 is 13.6 Å². The summed E-state index contributed by atoms with van der Waals surface area (Å²) in [6.45, 7) is 1.02. The van der Waals surface area contributed by atoms with Crippen molar-refractivity contribution in [3.63, 3.8) is 0 Å². The Kier molecular flexibility index (Phi) is 3.75. The molecule has 2 aromatic carbocycles. The maximum atomic E-state index is 13.5. The average Bonchev–Trinajstić information content (AvgIpc) is 3.19. The Bertz CT molecular complexity index is 1050. The van der Waals surface area contributed by atoms with Crippen LogP contribution in [0.4, 0.5) is 14.5 Å². The predicted octanol–water partition coefficient (Wildman–Crippen LogP) is 4.31. The molecule has 1 saturated heterocycles. The molecule has 4 nitrogen and oxygen atoms in total. The Morgan fingerprint density at radius 1 is 0.964 bits per heavy atom. The van der Waals surface area contributed by atoms with E-state index < -0.39 is 11.6 Å². The number of piperidine rings is 1. The Morgan fingerprint density at radius 3 is 2.43 bits per heavy atom. The molecule has 3 aromatic rings. The maximum Gasteiger partial charge on any atom is 0.254 e. The number of likely N-dealkylation sites (tertiary alicyclic amines) is 1. The second-order valence-electron chi connectivity index (χ2n) is 7.44. The fraction of sp³-hybridized carbons (Fsp3) is 0.227. The van der Waals surface area contributed by atoms with Gasteiger partial charge in [0.15, 0.2) is 0 Å². The van der Waals surface area contributed by atoms with Crippen LogP contribution in [0.25, 0.3) is 5.69 Å². The van der Waals surface area contributed by atoms with Crippen LogP contribution in [0.1, 0.15) is 28.9 Å². The van der Waals surface area contributed by atoms with Gasteiger partial charge in [-0.1, -0.05) is 12.1 Å².